The summed E-state index contributed by atoms with van der Waals surface area (Å²) in [5.74, 6) is 0. The zero-order chi connectivity index (χ0) is 13.6. The average molecular weight is 265 g/mol. The largest absolute Gasteiger partial charge is 0.310 e. The molecule has 0 aliphatic rings. The molecule has 18 heavy (non-hydrogen) atoms. The van der Waals surface area contributed by atoms with E-state index in [1.165, 1.54) is 0 Å². The highest BCUT2D eigenvalue weighted by Crippen LogP contribution is 2.25. The number of nitriles is 1. The fraction of sp³-hybridized carbons (Fsp3) is 0.533. The molecular formula is C15H21ClN2. The summed E-state index contributed by atoms with van der Waals surface area (Å²) in [5.41, 5.74) is 1.25. The van der Waals surface area contributed by atoms with Crippen molar-refractivity contribution in [3.05, 3.63) is 34.9 Å². The number of hydrogen-bond donors (Lipinski definition) is 1. The first-order chi connectivity index (χ1) is 8.46. The maximum atomic E-state index is 8.63. The van der Waals surface area contributed by atoms with E-state index in [2.05, 4.69) is 32.2 Å². The Morgan fingerprint density at radius 3 is 2.67 bits per heavy atom. The molecule has 0 spiro atoms. The van der Waals surface area contributed by atoms with Crippen LogP contribution in [-0.2, 0) is 0 Å². The molecule has 1 rings (SSSR count). The van der Waals surface area contributed by atoms with Gasteiger partial charge in [-0.2, -0.15) is 5.26 Å². The Balaban J connectivity index is 2.54. The molecule has 1 unspecified atom stereocenters. The van der Waals surface area contributed by atoms with Gasteiger partial charge in [-0.05, 0) is 30.4 Å². The number of benzene rings is 1. The Labute approximate surface area is 115 Å². The maximum Gasteiger partial charge on any atom is 0.0621 e. The molecule has 98 valence electrons. The van der Waals surface area contributed by atoms with E-state index in [1.807, 2.05) is 24.3 Å². The van der Waals surface area contributed by atoms with E-state index < -0.39 is 0 Å². The van der Waals surface area contributed by atoms with Crippen molar-refractivity contribution in [2.45, 2.75) is 39.7 Å². The minimum absolute atomic E-state index is 0.130. The quantitative estimate of drug-likeness (QED) is 0.831. The fourth-order valence-electron chi connectivity index (χ4n) is 1.85. The Hall–Kier alpha value is -1.04. The Bertz CT molecular complexity index is 421. The Morgan fingerprint density at radius 2 is 2.06 bits per heavy atom. The first-order valence-electron chi connectivity index (χ1n) is 6.31. The van der Waals surface area contributed by atoms with Gasteiger partial charge in [-0.3, -0.25) is 0 Å². The molecule has 1 atom stereocenters. The van der Waals surface area contributed by atoms with Gasteiger partial charge in [-0.25, -0.2) is 0 Å². The summed E-state index contributed by atoms with van der Waals surface area (Å²) in [6, 6.07) is 10.3. The van der Waals surface area contributed by atoms with Crippen LogP contribution in [0.4, 0.5) is 0 Å². The van der Waals surface area contributed by atoms with Gasteiger partial charge in [0, 0.05) is 24.0 Å². The summed E-state index contributed by atoms with van der Waals surface area (Å²) in [4.78, 5) is 0. The van der Waals surface area contributed by atoms with E-state index in [1.54, 1.807) is 0 Å². The first-order valence-corrected chi connectivity index (χ1v) is 6.69. The monoisotopic (exact) mass is 264 g/mol. The molecular weight excluding hydrogens is 244 g/mol. The first kappa shape index (κ1) is 15.0. The van der Waals surface area contributed by atoms with Crippen molar-refractivity contribution in [1.82, 2.24) is 5.32 Å². The van der Waals surface area contributed by atoms with Gasteiger partial charge in [-0.1, -0.05) is 43.6 Å². The van der Waals surface area contributed by atoms with Gasteiger partial charge in [-0.15, -0.1) is 0 Å². The van der Waals surface area contributed by atoms with Crippen LogP contribution in [0.3, 0.4) is 0 Å². The summed E-state index contributed by atoms with van der Waals surface area (Å²) in [6.07, 6.45) is 1.51. The highest BCUT2D eigenvalue weighted by Gasteiger charge is 2.19. The zero-order valence-corrected chi connectivity index (χ0v) is 12.1. The third-order valence-electron chi connectivity index (χ3n) is 3.17. The standard InChI is InChI=1S/C15H21ClN2/c1-12(13-7-4-5-8-14(13)16)18-11-15(2,3)9-6-10-17/h4-5,7-8,12,18H,6,9,11H2,1-3H3. The zero-order valence-electron chi connectivity index (χ0n) is 11.3. The van der Waals surface area contributed by atoms with Crippen LogP contribution in [0.2, 0.25) is 5.02 Å². The van der Waals surface area contributed by atoms with Crippen molar-refractivity contribution in [3.8, 4) is 6.07 Å². The van der Waals surface area contributed by atoms with Crippen LogP contribution in [0.5, 0.6) is 0 Å². The minimum Gasteiger partial charge on any atom is -0.310 e. The Kier molecular flexibility index (Phi) is 5.65. The number of nitrogens with zero attached hydrogens (tertiary/aromatic N) is 1. The van der Waals surface area contributed by atoms with Gasteiger partial charge in [0.25, 0.3) is 0 Å². The van der Waals surface area contributed by atoms with Crippen LogP contribution in [-0.4, -0.2) is 6.54 Å². The molecule has 3 heteroatoms. The molecule has 0 saturated carbocycles. The molecule has 0 saturated heterocycles. The predicted octanol–water partition coefficient (Wildman–Crippen LogP) is 4.32. The van der Waals surface area contributed by atoms with Crippen molar-refractivity contribution < 1.29 is 0 Å². The lowest BCUT2D eigenvalue weighted by Gasteiger charge is -2.26. The highest BCUT2D eigenvalue weighted by molar-refractivity contribution is 6.31. The summed E-state index contributed by atoms with van der Waals surface area (Å²) < 4.78 is 0. The second-order valence-electron chi connectivity index (χ2n) is 5.45. The number of halogens is 1. The van der Waals surface area contributed by atoms with Gasteiger partial charge in [0.1, 0.15) is 0 Å². The second kappa shape index (κ2) is 6.78. The van der Waals surface area contributed by atoms with Crippen molar-refractivity contribution in [3.63, 3.8) is 0 Å². The molecule has 0 radical (unpaired) electrons. The van der Waals surface area contributed by atoms with E-state index in [4.69, 9.17) is 16.9 Å². The molecule has 2 nitrogen and oxygen atoms in total. The molecule has 1 aromatic carbocycles. The van der Waals surface area contributed by atoms with Crippen molar-refractivity contribution in [2.75, 3.05) is 6.54 Å². The van der Waals surface area contributed by atoms with Crippen LogP contribution >= 0.6 is 11.6 Å². The van der Waals surface area contributed by atoms with Crippen molar-refractivity contribution >= 4 is 11.6 Å². The maximum absolute atomic E-state index is 8.63. The lowest BCUT2D eigenvalue weighted by molar-refractivity contribution is 0.305. The van der Waals surface area contributed by atoms with E-state index in [0.717, 1.165) is 23.6 Å². The van der Waals surface area contributed by atoms with Crippen LogP contribution in [0, 0.1) is 16.7 Å². The SMILES string of the molecule is CC(NCC(C)(C)CCC#N)c1ccccc1Cl. The lowest BCUT2D eigenvalue weighted by atomic mass is 9.87. The van der Waals surface area contributed by atoms with E-state index in [-0.39, 0.29) is 11.5 Å². The average Bonchev–Trinajstić information content (AvgIpc) is 2.34. The Morgan fingerprint density at radius 1 is 1.39 bits per heavy atom. The van der Waals surface area contributed by atoms with Gasteiger partial charge in [0.2, 0.25) is 0 Å². The predicted molar refractivity (Wildman–Crippen MR) is 76.5 cm³/mol. The van der Waals surface area contributed by atoms with Gasteiger partial charge < -0.3 is 5.32 Å². The second-order valence-corrected chi connectivity index (χ2v) is 5.85. The molecule has 0 amide bonds. The minimum atomic E-state index is 0.130. The number of rotatable bonds is 6. The fourth-order valence-corrected chi connectivity index (χ4v) is 2.15. The topological polar surface area (TPSA) is 35.8 Å². The molecule has 0 aliphatic carbocycles. The van der Waals surface area contributed by atoms with E-state index in [9.17, 15) is 0 Å². The molecule has 0 heterocycles. The van der Waals surface area contributed by atoms with Crippen LogP contribution < -0.4 is 5.32 Å². The molecule has 1 aromatic rings. The van der Waals surface area contributed by atoms with Crippen molar-refractivity contribution in [2.24, 2.45) is 5.41 Å². The lowest BCUT2D eigenvalue weighted by Crippen LogP contribution is -2.31. The molecule has 0 aliphatic heterocycles. The third kappa shape index (κ3) is 4.68. The molecule has 0 bridgehead atoms. The van der Waals surface area contributed by atoms with Gasteiger partial charge >= 0.3 is 0 Å². The van der Waals surface area contributed by atoms with Crippen molar-refractivity contribution in [1.29, 1.82) is 5.26 Å². The number of hydrogen-bond acceptors (Lipinski definition) is 2. The summed E-state index contributed by atoms with van der Waals surface area (Å²) in [6.45, 7) is 7.34. The summed E-state index contributed by atoms with van der Waals surface area (Å²) in [7, 11) is 0. The van der Waals surface area contributed by atoms with E-state index in [0.29, 0.717) is 6.42 Å². The smallest absolute Gasteiger partial charge is 0.0621 e. The third-order valence-corrected chi connectivity index (χ3v) is 3.52. The van der Waals surface area contributed by atoms with Gasteiger partial charge in [0.15, 0.2) is 0 Å². The van der Waals surface area contributed by atoms with Crippen LogP contribution in [0.15, 0.2) is 24.3 Å². The van der Waals surface area contributed by atoms with Crippen LogP contribution in [0.1, 0.15) is 45.2 Å². The van der Waals surface area contributed by atoms with Crippen LogP contribution in [0.25, 0.3) is 0 Å². The van der Waals surface area contributed by atoms with E-state index >= 15 is 0 Å². The summed E-state index contributed by atoms with van der Waals surface area (Å²) in [5, 5.41) is 12.9. The summed E-state index contributed by atoms with van der Waals surface area (Å²) >= 11 is 6.17. The number of nitrogens with one attached hydrogen (secondary N) is 1. The molecule has 1 N–H and O–H groups in total. The normalized spacial score (nSPS) is 13.1. The molecule has 0 aromatic heterocycles. The highest BCUT2D eigenvalue weighted by atomic mass is 35.5. The van der Waals surface area contributed by atoms with Gasteiger partial charge in [0.05, 0.1) is 6.07 Å². The molecule has 0 fully saturated rings.